The van der Waals surface area contributed by atoms with Gasteiger partial charge in [0.25, 0.3) is 0 Å². The number of nitrogens with two attached hydrogens (primary N) is 1. The Morgan fingerprint density at radius 2 is 1.77 bits per heavy atom. The molecule has 0 radical (unpaired) electrons. The zero-order valence-corrected chi connectivity index (χ0v) is 9.37. The van der Waals surface area contributed by atoms with E-state index in [9.17, 15) is 0 Å². The van der Waals surface area contributed by atoms with Crippen LogP contribution in [-0.2, 0) is 5.54 Å². The van der Waals surface area contributed by atoms with Crippen molar-refractivity contribution in [3.63, 3.8) is 0 Å². The third kappa shape index (κ3) is 2.04. The molecule has 1 rings (SSSR count). The van der Waals surface area contributed by atoms with Gasteiger partial charge in [-0.05, 0) is 50.5 Å². The first-order valence-electron chi connectivity index (χ1n) is 4.39. The van der Waals surface area contributed by atoms with Crippen molar-refractivity contribution in [3.8, 4) is 0 Å². The Kier molecular flexibility index (Phi) is 2.69. The fourth-order valence-corrected chi connectivity index (χ4v) is 2.02. The molecule has 0 aromatic heterocycles. The Hall–Kier alpha value is -0.530. The molecule has 0 aliphatic carbocycles. The van der Waals surface area contributed by atoms with E-state index in [1.807, 2.05) is 26.0 Å². The quantitative estimate of drug-likeness (QED) is 0.736. The van der Waals surface area contributed by atoms with Crippen LogP contribution in [0.4, 0.5) is 0 Å². The lowest BCUT2D eigenvalue weighted by atomic mass is 9.89. The van der Waals surface area contributed by atoms with Crippen LogP contribution in [0, 0.1) is 13.8 Å². The predicted octanol–water partition coefficient (Wildman–Crippen LogP) is 3.15. The predicted molar refractivity (Wildman–Crippen MR) is 58.1 cm³/mol. The van der Waals surface area contributed by atoms with Crippen molar-refractivity contribution < 1.29 is 0 Å². The third-order valence-corrected chi connectivity index (χ3v) is 2.64. The van der Waals surface area contributed by atoms with Gasteiger partial charge < -0.3 is 5.73 Å². The highest BCUT2D eigenvalue weighted by molar-refractivity contribution is 6.31. The van der Waals surface area contributed by atoms with Gasteiger partial charge in [0, 0.05) is 10.6 Å². The molecule has 0 unspecified atom stereocenters. The zero-order valence-electron chi connectivity index (χ0n) is 8.61. The van der Waals surface area contributed by atoms with Gasteiger partial charge in [-0.25, -0.2) is 0 Å². The summed E-state index contributed by atoms with van der Waals surface area (Å²) in [5.74, 6) is 0. The fourth-order valence-electron chi connectivity index (χ4n) is 1.57. The third-order valence-electron chi connectivity index (χ3n) is 2.33. The van der Waals surface area contributed by atoms with Gasteiger partial charge in [0.1, 0.15) is 0 Å². The summed E-state index contributed by atoms with van der Waals surface area (Å²) >= 11 is 6.11. The van der Waals surface area contributed by atoms with E-state index in [0.29, 0.717) is 0 Å². The van der Waals surface area contributed by atoms with Gasteiger partial charge in [0.2, 0.25) is 0 Å². The van der Waals surface area contributed by atoms with E-state index in [4.69, 9.17) is 17.3 Å². The van der Waals surface area contributed by atoms with Crippen LogP contribution in [0.5, 0.6) is 0 Å². The Morgan fingerprint density at radius 1 is 1.23 bits per heavy atom. The number of benzene rings is 1. The van der Waals surface area contributed by atoms with Crippen LogP contribution in [0.25, 0.3) is 0 Å². The van der Waals surface area contributed by atoms with Gasteiger partial charge in [-0.15, -0.1) is 0 Å². The first-order chi connectivity index (χ1) is 5.84. The van der Waals surface area contributed by atoms with Gasteiger partial charge >= 0.3 is 0 Å². The second-order valence-electron chi connectivity index (χ2n) is 4.09. The molecule has 0 fully saturated rings. The van der Waals surface area contributed by atoms with Crippen molar-refractivity contribution >= 4 is 11.6 Å². The van der Waals surface area contributed by atoms with E-state index in [-0.39, 0.29) is 5.54 Å². The maximum Gasteiger partial charge on any atom is 0.0459 e. The molecular weight excluding hydrogens is 182 g/mol. The number of halogens is 1. The first kappa shape index (κ1) is 10.6. The van der Waals surface area contributed by atoms with E-state index in [1.165, 1.54) is 11.1 Å². The topological polar surface area (TPSA) is 26.0 Å². The lowest BCUT2D eigenvalue weighted by molar-refractivity contribution is 0.550. The molecule has 2 heteroatoms. The second-order valence-corrected chi connectivity index (χ2v) is 4.49. The summed E-state index contributed by atoms with van der Waals surface area (Å²) in [5.41, 5.74) is 9.15. The molecule has 0 spiro atoms. The number of hydrogen-bond donors (Lipinski definition) is 1. The van der Waals surface area contributed by atoms with Crippen molar-refractivity contribution in [2.75, 3.05) is 0 Å². The number of hydrogen-bond acceptors (Lipinski definition) is 1. The Labute approximate surface area is 84.9 Å². The van der Waals surface area contributed by atoms with Crippen molar-refractivity contribution in [1.82, 2.24) is 0 Å². The maximum absolute atomic E-state index is 6.11. The van der Waals surface area contributed by atoms with Gasteiger partial charge in [-0.1, -0.05) is 17.7 Å². The summed E-state index contributed by atoms with van der Waals surface area (Å²) in [6, 6.07) is 3.93. The van der Waals surface area contributed by atoms with Gasteiger partial charge in [-0.3, -0.25) is 0 Å². The van der Waals surface area contributed by atoms with Crippen LogP contribution < -0.4 is 5.73 Å². The van der Waals surface area contributed by atoms with Crippen molar-refractivity contribution in [1.29, 1.82) is 0 Å². The summed E-state index contributed by atoms with van der Waals surface area (Å²) < 4.78 is 0. The van der Waals surface area contributed by atoms with Crippen LogP contribution in [0.1, 0.15) is 30.5 Å². The van der Waals surface area contributed by atoms with Crippen LogP contribution in [0.2, 0.25) is 5.02 Å². The second kappa shape index (κ2) is 3.32. The smallest absolute Gasteiger partial charge is 0.0459 e. The molecule has 0 aliphatic heterocycles. The summed E-state index contributed by atoms with van der Waals surface area (Å²) in [6.07, 6.45) is 0. The molecule has 0 aliphatic rings. The molecule has 1 aromatic rings. The molecule has 2 N–H and O–H groups in total. The van der Waals surface area contributed by atoms with Crippen molar-refractivity contribution in [3.05, 3.63) is 33.8 Å². The monoisotopic (exact) mass is 197 g/mol. The summed E-state index contributed by atoms with van der Waals surface area (Å²) in [4.78, 5) is 0. The number of rotatable bonds is 1. The van der Waals surface area contributed by atoms with Crippen LogP contribution >= 0.6 is 11.6 Å². The minimum Gasteiger partial charge on any atom is -0.322 e. The standard InChI is InChI=1S/C11H16ClN/c1-7-5-6-9(12)10(8(7)2)11(3,4)13/h5-6H,13H2,1-4H3. The number of aryl methyl sites for hydroxylation is 1. The summed E-state index contributed by atoms with van der Waals surface area (Å²) in [7, 11) is 0. The first-order valence-corrected chi connectivity index (χ1v) is 4.77. The highest BCUT2D eigenvalue weighted by Crippen LogP contribution is 2.30. The minimum absolute atomic E-state index is 0.368. The molecule has 0 saturated carbocycles. The molecular formula is C11H16ClN. The van der Waals surface area contributed by atoms with Crippen molar-refractivity contribution in [2.45, 2.75) is 33.2 Å². The van der Waals surface area contributed by atoms with E-state index in [2.05, 4.69) is 13.8 Å². The minimum atomic E-state index is -0.368. The summed E-state index contributed by atoms with van der Waals surface area (Å²) in [6.45, 7) is 8.08. The van der Waals surface area contributed by atoms with Crippen LogP contribution in [-0.4, -0.2) is 0 Å². The SMILES string of the molecule is Cc1ccc(Cl)c(C(C)(C)N)c1C. The fraction of sp³-hybridized carbons (Fsp3) is 0.455. The van der Waals surface area contributed by atoms with E-state index < -0.39 is 0 Å². The lowest BCUT2D eigenvalue weighted by Crippen LogP contribution is -2.30. The van der Waals surface area contributed by atoms with Crippen LogP contribution in [0.3, 0.4) is 0 Å². The molecule has 0 saturated heterocycles. The Balaban J connectivity index is 3.43. The molecule has 1 aromatic carbocycles. The normalized spacial score (nSPS) is 11.8. The van der Waals surface area contributed by atoms with Gasteiger partial charge in [-0.2, -0.15) is 0 Å². The average molecular weight is 198 g/mol. The van der Waals surface area contributed by atoms with Gasteiger partial charge in [0.15, 0.2) is 0 Å². The molecule has 0 heterocycles. The Morgan fingerprint density at radius 3 is 2.15 bits per heavy atom. The summed E-state index contributed by atoms with van der Waals surface area (Å²) in [5, 5.41) is 0.760. The van der Waals surface area contributed by atoms with E-state index in [1.54, 1.807) is 0 Å². The molecule has 1 nitrogen and oxygen atoms in total. The zero-order chi connectivity index (χ0) is 10.2. The Bertz CT molecular complexity index is 324. The molecule has 72 valence electrons. The highest BCUT2D eigenvalue weighted by atomic mass is 35.5. The highest BCUT2D eigenvalue weighted by Gasteiger charge is 2.20. The molecule has 13 heavy (non-hydrogen) atoms. The maximum atomic E-state index is 6.11. The van der Waals surface area contributed by atoms with Gasteiger partial charge in [0.05, 0.1) is 0 Å². The average Bonchev–Trinajstić information content (AvgIpc) is 1.95. The van der Waals surface area contributed by atoms with Crippen LogP contribution in [0.15, 0.2) is 12.1 Å². The van der Waals surface area contributed by atoms with E-state index >= 15 is 0 Å². The largest absolute Gasteiger partial charge is 0.322 e. The molecule has 0 bridgehead atoms. The molecule has 0 amide bonds. The van der Waals surface area contributed by atoms with Crippen molar-refractivity contribution in [2.24, 2.45) is 5.73 Å². The lowest BCUT2D eigenvalue weighted by Gasteiger charge is -2.24. The molecule has 0 atom stereocenters. The van der Waals surface area contributed by atoms with E-state index in [0.717, 1.165) is 10.6 Å².